The van der Waals surface area contributed by atoms with Crippen LogP contribution >= 0.6 is 22.5 Å². The zero-order valence-corrected chi connectivity index (χ0v) is 24.2. The molecule has 2 aliphatic heterocycles. The highest BCUT2D eigenvalue weighted by atomic mass is 35.5. The van der Waals surface area contributed by atoms with Gasteiger partial charge in [-0.2, -0.15) is 29.1 Å². The summed E-state index contributed by atoms with van der Waals surface area (Å²) in [6.07, 6.45) is -1.57. The average Bonchev–Trinajstić information content (AvgIpc) is 3.10. The molecular formula is C29H27ClF5N5OS. The maximum absolute atomic E-state index is 15.5. The number of hydrogen-bond acceptors (Lipinski definition) is 5. The van der Waals surface area contributed by atoms with E-state index in [-0.39, 0.29) is 55.9 Å². The zero-order chi connectivity index (χ0) is 29.9. The topological polar surface area (TPSA) is 63.1 Å². The van der Waals surface area contributed by atoms with E-state index in [0.29, 0.717) is 19.2 Å². The molecule has 4 aromatic rings. The first-order chi connectivity index (χ1) is 19.9. The number of benzene rings is 2. The molecule has 222 valence electrons. The first-order valence-corrected chi connectivity index (χ1v) is 15.3. The van der Waals surface area contributed by atoms with E-state index in [1.54, 1.807) is 24.5 Å². The summed E-state index contributed by atoms with van der Waals surface area (Å²) in [5, 5.41) is 3.21. The molecule has 0 bridgehead atoms. The van der Waals surface area contributed by atoms with Crippen LogP contribution in [0.4, 0.5) is 27.8 Å². The van der Waals surface area contributed by atoms with Crippen LogP contribution in [0.3, 0.4) is 0 Å². The molecule has 0 aliphatic carbocycles. The summed E-state index contributed by atoms with van der Waals surface area (Å²) < 4.78 is 74.4. The van der Waals surface area contributed by atoms with E-state index in [4.69, 9.17) is 11.6 Å². The van der Waals surface area contributed by atoms with Gasteiger partial charge in [-0.1, -0.05) is 11.6 Å². The van der Waals surface area contributed by atoms with Gasteiger partial charge in [0, 0.05) is 71.3 Å². The van der Waals surface area contributed by atoms with Crippen molar-refractivity contribution in [2.45, 2.75) is 54.4 Å². The van der Waals surface area contributed by atoms with Gasteiger partial charge in [0.1, 0.15) is 17.5 Å². The van der Waals surface area contributed by atoms with Crippen molar-refractivity contribution < 1.29 is 22.0 Å². The number of thiol groups is 1. The Labute approximate surface area is 245 Å². The maximum atomic E-state index is 15.5. The van der Waals surface area contributed by atoms with Crippen LogP contribution < -0.4 is 15.9 Å². The molecule has 1 fully saturated rings. The van der Waals surface area contributed by atoms with E-state index >= 15 is 4.39 Å². The predicted octanol–water partition coefficient (Wildman–Crippen LogP) is 6.15. The zero-order valence-electron chi connectivity index (χ0n) is 22.6. The van der Waals surface area contributed by atoms with E-state index in [0.717, 1.165) is 23.8 Å². The van der Waals surface area contributed by atoms with Crippen molar-refractivity contribution in [1.29, 1.82) is 0 Å². The van der Waals surface area contributed by atoms with Gasteiger partial charge in [0.15, 0.2) is 0 Å². The largest absolute Gasteiger partial charge is 0.416 e. The molecular weight excluding hydrogens is 597 g/mol. The lowest BCUT2D eigenvalue weighted by Crippen LogP contribution is -2.55. The Kier molecular flexibility index (Phi) is 7.43. The number of aromatic nitrogens is 3. The van der Waals surface area contributed by atoms with Gasteiger partial charge in [-0.05, 0) is 55.5 Å². The second kappa shape index (κ2) is 10.8. The van der Waals surface area contributed by atoms with Crippen LogP contribution in [0, 0.1) is 11.6 Å². The van der Waals surface area contributed by atoms with Gasteiger partial charge >= 0.3 is 11.9 Å². The highest BCUT2D eigenvalue weighted by Gasteiger charge is 2.37. The molecule has 2 aromatic heterocycles. The number of pyridine rings is 1. The van der Waals surface area contributed by atoms with Crippen molar-refractivity contribution in [1.82, 2.24) is 19.9 Å². The van der Waals surface area contributed by atoms with Gasteiger partial charge in [0.05, 0.1) is 16.1 Å². The minimum Gasteiger partial charge on any atom is -0.353 e. The van der Waals surface area contributed by atoms with Crippen molar-refractivity contribution in [3.8, 4) is 0 Å². The third-order valence-electron chi connectivity index (χ3n) is 7.77. The van der Waals surface area contributed by atoms with Crippen LogP contribution in [0.15, 0.2) is 63.4 Å². The van der Waals surface area contributed by atoms with Crippen LogP contribution in [0.2, 0.25) is 5.02 Å². The third-order valence-corrected chi connectivity index (χ3v) is 10.7. The Morgan fingerprint density at radius 3 is 2.33 bits per heavy atom. The molecule has 1 saturated heterocycles. The lowest BCUT2D eigenvalue weighted by molar-refractivity contribution is -0.137. The molecule has 0 saturated carbocycles. The number of anilines is 1. The Hall–Kier alpha value is -3.22. The number of nitrogens with one attached hydrogen (secondary N) is 1. The number of nitrogens with zero attached hydrogens (tertiary/aromatic N) is 4. The fraction of sp³-hybridized carbons (Fsp3) is 0.345. The van der Waals surface area contributed by atoms with Crippen LogP contribution in [-0.4, -0.2) is 45.5 Å². The van der Waals surface area contributed by atoms with Gasteiger partial charge in [0.2, 0.25) is 0 Å². The Morgan fingerprint density at radius 2 is 1.67 bits per heavy atom. The molecule has 0 radical (unpaired) electrons. The third kappa shape index (κ3) is 5.24. The number of halogens is 6. The molecule has 6 rings (SSSR count). The van der Waals surface area contributed by atoms with Crippen molar-refractivity contribution >= 4 is 39.2 Å². The van der Waals surface area contributed by atoms with Gasteiger partial charge in [-0.25, -0.2) is 13.6 Å². The van der Waals surface area contributed by atoms with Crippen molar-refractivity contribution in [2.75, 3.05) is 23.7 Å². The second-order valence-electron chi connectivity index (χ2n) is 10.9. The standard InChI is InChI=1S/C29H27ClF5N5OS/c1-15-11-39(12-16(2)37-15)27-20-7-19(29(33,34)35)8-25-26(20)40(28(41)38-27)13-18(17-3-5-36-6-4-17)14-42(25)24-9-21(30)22(31)10-23(24)32/h3-10,15-16,18,37,42H,11-14H2,1-2H3/t15-,16+,18?. The maximum Gasteiger partial charge on any atom is 0.416 e. The Balaban J connectivity index is 1.69. The highest BCUT2D eigenvalue weighted by Crippen LogP contribution is 2.55. The monoisotopic (exact) mass is 623 g/mol. The van der Waals surface area contributed by atoms with Crippen molar-refractivity contribution in [3.05, 3.63) is 87.1 Å². The van der Waals surface area contributed by atoms with Gasteiger partial charge in [-0.15, -0.1) is 0 Å². The van der Waals surface area contributed by atoms with Gasteiger partial charge in [0.25, 0.3) is 0 Å². The minimum atomic E-state index is -4.73. The summed E-state index contributed by atoms with van der Waals surface area (Å²) in [4.78, 5) is 24.2. The highest BCUT2D eigenvalue weighted by molar-refractivity contribution is 8.17. The average molecular weight is 624 g/mol. The van der Waals surface area contributed by atoms with E-state index in [2.05, 4.69) is 15.3 Å². The van der Waals surface area contributed by atoms with Crippen LogP contribution in [0.1, 0.15) is 30.9 Å². The molecule has 1 N–H and O–H groups in total. The van der Waals surface area contributed by atoms with Crippen molar-refractivity contribution in [3.63, 3.8) is 0 Å². The summed E-state index contributed by atoms with van der Waals surface area (Å²) in [6.45, 7) is 4.86. The lowest BCUT2D eigenvalue weighted by Gasteiger charge is -2.37. The molecule has 2 aliphatic rings. The predicted molar refractivity (Wildman–Crippen MR) is 154 cm³/mol. The van der Waals surface area contributed by atoms with Gasteiger partial charge in [-0.3, -0.25) is 9.55 Å². The molecule has 0 spiro atoms. The van der Waals surface area contributed by atoms with Crippen LogP contribution in [0.25, 0.3) is 10.9 Å². The lowest BCUT2D eigenvalue weighted by atomic mass is 10.0. The Bertz CT molecular complexity index is 1720. The van der Waals surface area contributed by atoms with Crippen LogP contribution in [-0.2, 0) is 12.7 Å². The summed E-state index contributed by atoms with van der Waals surface area (Å²) in [6, 6.07) is 7.36. The van der Waals surface area contributed by atoms with Crippen molar-refractivity contribution in [2.24, 2.45) is 0 Å². The molecule has 2 aromatic carbocycles. The molecule has 4 heterocycles. The number of hydrogen-bond donors (Lipinski definition) is 2. The van der Waals surface area contributed by atoms with E-state index in [1.165, 1.54) is 4.57 Å². The molecule has 0 amide bonds. The fourth-order valence-electron chi connectivity index (χ4n) is 6.05. The minimum absolute atomic E-state index is 0.00219. The quantitative estimate of drug-likeness (QED) is 0.163. The van der Waals surface area contributed by atoms with Crippen LogP contribution in [0.5, 0.6) is 0 Å². The summed E-state index contributed by atoms with van der Waals surface area (Å²) in [5.74, 6) is -1.93. The van der Waals surface area contributed by atoms with E-state index in [9.17, 15) is 22.4 Å². The van der Waals surface area contributed by atoms with E-state index < -0.39 is 45.9 Å². The molecule has 13 heteroatoms. The Morgan fingerprint density at radius 1 is 0.976 bits per heavy atom. The number of alkyl halides is 3. The number of piperazine rings is 1. The molecule has 2 unspecified atom stereocenters. The number of rotatable bonds is 3. The summed E-state index contributed by atoms with van der Waals surface area (Å²) in [7, 11) is -1.90. The first kappa shape index (κ1) is 28.9. The summed E-state index contributed by atoms with van der Waals surface area (Å²) in [5.41, 5.74) is -0.480. The molecule has 4 atom stereocenters. The molecule has 42 heavy (non-hydrogen) atoms. The van der Waals surface area contributed by atoms with Gasteiger partial charge < -0.3 is 10.2 Å². The smallest absolute Gasteiger partial charge is 0.353 e. The molecule has 6 nitrogen and oxygen atoms in total. The first-order valence-electron chi connectivity index (χ1n) is 13.4. The SMILES string of the molecule is C[C@@H]1CN(c2nc(=O)n3c4c(cc(C(F)(F)F)cc24)[SH](c2cc(Cl)c(F)cc2F)CC(c2ccncc2)C3)C[C@H](C)N1. The van der Waals surface area contributed by atoms with E-state index in [1.807, 2.05) is 18.7 Å². The normalized spacial score (nSPS) is 23.7. The summed E-state index contributed by atoms with van der Waals surface area (Å²) >= 11 is 6.09. The second-order valence-corrected chi connectivity index (χ2v) is 13.5. The fourth-order valence-corrected chi connectivity index (χ4v) is 9.11.